The van der Waals surface area contributed by atoms with Crippen molar-refractivity contribution in [2.45, 2.75) is 52.0 Å². The molecule has 4 heteroatoms. The number of nitrogens with one attached hydrogen (secondary N) is 1. The highest BCUT2D eigenvalue weighted by Crippen LogP contribution is 2.39. The second-order valence-electron chi connectivity index (χ2n) is 6.25. The third-order valence-electron chi connectivity index (χ3n) is 4.42. The van der Waals surface area contributed by atoms with Crippen LogP contribution in [0.1, 0.15) is 57.6 Å². The molecule has 0 radical (unpaired) electrons. The molecule has 1 aromatic carbocycles. The molecular formula is C17H24BrF2N. The fraction of sp³-hybridized carbons (Fsp3) is 0.647. The van der Waals surface area contributed by atoms with Crippen molar-refractivity contribution >= 4 is 15.9 Å². The van der Waals surface area contributed by atoms with Crippen molar-refractivity contribution in [2.24, 2.45) is 11.8 Å². The van der Waals surface area contributed by atoms with E-state index in [2.05, 4.69) is 35.1 Å². The van der Waals surface area contributed by atoms with Crippen molar-refractivity contribution in [3.05, 3.63) is 33.8 Å². The molecule has 1 aliphatic rings. The average molecular weight is 360 g/mol. The van der Waals surface area contributed by atoms with Gasteiger partial charge >= 0.3 is 0 Å². The minimum atomic E-state index is -0.450. The van der Waals surface area contributed by atoms with Gasteiger partial charge < -0.3 is 5.32 Å². The number of rotatable bonds is 5. The summed E-state index contributed by atoms with van der Waals surface area (Å²) in [6.45, 7) is 5.09. The Kier molecular flexibility index (Phi) is 6.18. The van der Waals surface area contributed by atoms with Crippen molar-refractivity contribution in [1.29, 1.82) is 0 Å². The number of halogens is 3. The van der Waals surface area contributed by atoms with Gasteiger partial charge in [0.05, 0.1) is 0 Å². The van der Waals surface area contributed by atoms with Crippen molar-refractivity contribution in [3.8, 4) is 0 Å². The molecule has 118 valence electrons. The Labute approximate surface area is 134 Å². The number of hydrogen-bond acceptors (Lipinski definition) is 1. The van der Waals surface area contributed by atoms with E-state index in [0.29, 0.717) is 16.3 Å². The first-order valence-electron chi connectivity index (χ1n) is 7.90. The van der Waals surface area contributed by atoms with Crippen LogP contribution >= 0.6 is 15.9 Å². The predicted molar refractivity (Wildman–Crippen MR) is 86.2 cm³/mol. The molecule has 1 saturated carbocycles. The first kappa shape index (κ1) is 16.9. The van der Waals surface area contributed by atoms with Gasteiger partial charge in [0.25, 0.3) is 0 Å². The fourth-order valence-electron chi connectivity index (χ4n) is 3.44. The smallest absolute Gasteiger partial charge is 0.132 e. The topological polar surface area (TPSA) is 12.0 Å². The highest BCUT2D eigenvalue weighted by atomic mass is 79.9. The van der Waals surface area contributed by atoms with Gasteiger partial charge in [-0.05, 0) is 49.8 Å². The molecule has 0 amide bonds. The van der Waals surface area contributed by atoms with Crippen LogP contribution < -0.4 is 5.32 Å². The van der Waals surface area contributed by atoms with Crippen molar-refractivity contribution in [3.63, 3.8) is 0 Å². The zero-order valence-corrected chi connectivity index (χ0v) is 14.3. The first-order chi connectivity index (χ1) is 10.0. The summed E-state index contributed by atoms with van der Waals surface area (Å²) in [5.74, 6) is 0.0455. The molecule has 1 fully saturated rings. The Bertz CT molecular complexity index is 455. The molecule has 3 atom stereocenters. The van der Waals surface area contributed by atoms with Crippen molar-refractivity contribution in [2.75, 3.05) is 6.54 Å². The van der Waals surface area contributed by atoms with Gasteiger partial charge in [0.15, 0.2) is 0 Å². The first-order valence-corrected chi connectivity index (χ1v) is 8.70. The highest BCUT2D eigenvalue weighted by Gasteiger charge is 2.31. The van der Waals surface area contributed by atoms with E-state index in [1.807, 2.05) is 0 Å². The summed E-state index contributed by atoms with van der Waals surface area (Å²) < 4.78 is 29.1. The molecule has 0 aliphatic heterocycles. The Morgan fingerprint density at radius 1 is 1.29 bits per heavy atom. The molecule has 0 saturated heterocycles. The van der Waals surface area contributed by atoms with Gasteiger partial charge in [-0.25, -0.2) is 8.78 Å². The fourth-order valence-corrected chi connectivity index (χ4v) is 3.84. The van der Waals surface area contributed by atoms with Gasteiger partial charge in [0, 0.05) is 16.1 Å². The van der Waals surface area contributed by atoms with Gasteiger partial charge in [-0.3, -0.25) is 0 Å². The Morgan fingerprint density at radius 2 is 1.95 bits per heavy atom. The molecular weight excluding hydrogens is 336 g/mol. The van der Waals surface area contributed by atoms with E-state index < -0.39 is 11.6 Å². The van der Waals surface area contributed by atoms with Crippen LogP contribution in [0.25, 0.3) is 0 Å². The van der Waals surface area contributed by atoms with Crippen LogP contribution in [0.4, 0.5) is 8.78 Å². The van der Waals surface area contributed by atoms with Crippen molar-refractivity contribution < 1.29 is 8.78 Å². The molecule has 2 rings (SSSR count). The maximum absolute atomic E-state index is 14.3. The number of benzene rings is 1. The molecule has 0 bridgehead atoms. The molecule has 0 heterocycles. The Hall–Kier alpha value is -0.480. The predicted octanol–water partition coefficient (Wildman–Crippen LogP) is 5.59. The van der Waals surface area contributed by atoms with Gasteiger partial charge in [-0.1, -0.05) is 42.6 Å². The van der Waals surface area contributed by atoms with E-state index in [0.717, 1.165) is 32.2 Å². The standard InChI is InChI=1S/C17H24BrF2N/c1-3-7-21-17(12-6-4-5-11(2)8-12)16-14(19)9-13(18)10-15(16)20/h9-12,17,21H,3-8H2,1-2H3. The maximum atomic E-state index is 14.3. The maximum Gasteiger partial charge on any atom is 0.132 e. The molecule has 3 unspecified atom stereocenters. The average Bonchev–Trinajstić information content (AvgIpc) is 2.41. The lowest BCUT2D eigenvalue weighted by molar-refractivity contribution is 0.217. The van der Waals surface area contributed by atoms with E-state index in [4.69, 9.17) is 0 Å². The summed E-state index contributed by atoms with van der Waals surface area (Å²) in [6, 6.07) is 2.51. The molecule has 21 heavy (non-hydrogen) atoms. The van der Waals surface area contributed by atoms with Crippen LogP contribution in [0.15, 0.2) is 16.6 Å². The summed E-state index contributed by atoms with van der Waals surface area (Å²) in [6.07, 6.45) is 5.41. The van der Waals surface area contributed by atoms with E-state index in [1.165, 1.54) is 18.6 Å². The monoisotopic (exact) mass is 359 g/mol. The summed E-state index contributed by atoms with van der Waals surface area (Å²) in [7, 11) is 0. The number of hydrogen-bond donors (Lipinski definition) is 1. The third kappa shape index (κ3) is 4.26. The van der Waals surface area contributed by atoms with E-state index in [1.54, 1.807) is 0 Å². The summed E-state index contributed by atoms with van der Waals surface area (Å²) in [4.78, 5) is 0. The van der Waals surface area contributed by atoms with Crippen LogP contribution in [-0.2, 0) is 0 Å². The van der Waals surface area contributed by atoms with Crippen LogP contribution in [0.3, 0.4) is 0 Å². The van der Waals surface area contributed by atoms with Crippen LogP contribution in [0, 0.1) is 23.5 Å². The quantitative estimate of drug-likeness (QED) is 0.721. The summed E-state index contributed by atoms with van der Waals surface area (Å²) in [5.41, 5.74) is 0.214. The Balaban J connectivity index is 2.31. The second-order valence-corrected chi connectivity index (χ2v) is 7.16. The second kappa shape index (κ2) is 7.68. The van der Waals surface area contributed by atoms with Crippen LogP contribution in [-0.4, -0.2) is 6.54 Å². The molecule has 1 aromatic rings. The van der Waals surface area contributed by atoms with Crippen LogP contribution in [0.2, 0.25) is 0 Å². The van der Waals surface area contributed by atoms with Gasteiger partial charge in [-0.15, -0.1) is 0 Å². The molecule has 0 aromatic heterocycles. The minimum absolute atomic E-state index is 0.214. The van der Waals surface area contributed by atoms with Gasteiger partial charge in [0.1, 0.15) is 11.6 Å². The lowest BCUT2D eigenvalue weighted by atomic mass is 9.76. The zero-order valence-electron chi connectivity index (χ0n) is 12.8. The van der Waals surface area contributed by atoms with E-state index in [-0.39, 0.29) is 11.6 Å². The largest absolute Gasteiger partial charge is 0.310 e. The SMILES string of the molecule is CCCNC(c1c(F)cc(Br)cc1F)C1CCCC(C)C1. The Morgan fingerprint density at radius 3 is 2.52 bits per heavy atom. The lowest BCUT2D eigenvalue weighted by Crippen LogP contribution is -2.33. The normalized spacial score (nSPS) is 24.0. The summed E-state index contributed by atoms with van der Waals surface area (Å²) in [5, 5.41) is 3.38. The van der Waals surface area contributed by atoms with Crippen molar-refractivity contribution in [1.82, 2.24) is 5.32 Å². The highest BCUT2D eigenvalue weighted by molar-refractivity contribution is 9.10. The molecule has 1 N–H and O–H groups in total. The van der Waals surface area contributed by atoms with Gasteiger partial charge in [0.2, 0.25) is 0 Å². The van der Waals surface area contributed by atoms with Crippen LogP contribution in [0.5, 0.6) is 0 Å². The van der Waals surface area contributed by atoms with E-state index >= 15 is 0 Å². The minimum Gasteiger partial charge on any atom is -0.310 e. The van der Waals surface area contributed by atoms with Gasteiger partial charge in [-0.2, -0.15) is 0 Å². The zero-order chi connectivity index (χ0) is 15.4. The molecule has 1 nitrogen and oxygen atoms in total. The summed E-state index contributed by atoms with van der Waals surface area (Å²) >= 11 is 3.15. The molecule has 1 aliphatic carbocycles. The molecule has 0 spiro atoms. The van der Waals surface area contributed by atoms with E-state index in [9.17, 15) is 8.78 Å². The lowest BCUT2D eigenvalue weighted by Gasteiger charge is -2.34. The third-order valence-corrected chi connectivity index (χ3v) is 4.88.